The molecule has 0 aromatic heterocycles. The van der Waals surface area contributed by atoms with Crippen LogP contribution in [0.15, 0.2) is 30.3 Å². The first-order valence-electron chi connectivity index (χ1n) is 5.47. The third-order valence-corrected chi connectivity index (χ3v) is 2.29. The second-order valence-corrected chi connectivity index (χ2v) is 3.79. The number of amides is 2. The van der Waals surface area contributed by atoms with E-state index in [2.05, 4.69) is 10.9 Å². The molecular weight excluding hydrogens is 256 g/mol. The number of carbonyl (C=O) groups is 2. The van der Waals surface area contributed by atoms with Gasteiger partial charge in [-0.3, -0.25) is 20.4 Å². The number of nitrogens with one attached hydrogen (secondary N) is 2. The van der Waals surface area contributed by atoms with Crippen molar-refractivity contribution in [2.24, 2.45) is 0 Å². The van der Waals surface area contributed by atoms with E-state index in [1.54, 1.807) is 0 Å². The molecule has 0 aliphatic heterocycles. The highest BCUT2D eigenvalue weighted by atomic mass is 35.5. The van der Waals surface area contributed by atoms with Gasteiger partial charge in [-0.1, -0.05) is 30.3 Å². The van der Waals surface area contributed by atoms with E-state index >= 15 is 0 Å². The molecule has 2 N–H and O–H groups in total. The van der Waals surface area contributed by atoms with Crippen LogP contribution in [0.2, 0.25) is 0 Å². The molecule has 0 saturated carbocycles. The van der Waals surface area contributed by atoms with Gasteiger partial charge in [-0.15, -0.1) is 11.6 Å². The van der Waals surface area contributed by atoms with Crippen LogP contribution in [0.3, 0.4) is 0 Å². The van der Waals surface area contributed by atoms with E-state index in [-0.39, 0.29) is 24.8 Å². The predicted octanol–water partition coefficient (Wildman–Crippen LogP) is 0.979. The van der Waals surface area contributed by atoms with Crippen molar-refractivity contribution in [1.82, 2.24) is 10.9 Å². The molecule has 1 aromatic carbocycles. The number of halogens is 1. The molecule has 0 aliphatic carbocycles. The van der Waals surface area contributed by atoms with Gasteiger partial charge < -0.3 is 4.74 Å². The third-order valence-electron chi connectivity index (χ3n) is 2.05. The third kappa shape index (κ3) is 6.22. The van der Waals surface area contributed by atoms with Gasteiger partial charge in [0.25, 0.3) is 5.91 Å². The van der Waals surface area contributed by atoms with Crippen LogP contribution in [0.5, 0.6) is 0 Å². The molecule has 0 heterocycles. The molecule has 0 radical (unpaired) electrons. The van der Waals surface area contributed by atoms with Gasteiger partial charge in [-0.25, -0.2) is 0 Å². The summed E-state index contributed by atoms with van der Waals surface area (Å²) < 4.78 is 5.32. The molecule has 0 atom stereocenters. The SMILES string of the molecule is O=C(CCl)NNC(=O)CCOCc1ccccc1. The van der Waals surface area contributed by atoms with Crippen molar-refractivity contribution >= 4 is 23.4 Å². The first-order valence-corrected chi connectivity index (χ1v) is 6.01. The number of rotatable bonds is 6. The Morgan fingerprint density at radius 2 is 1.78 bits per heavy atom. The zero-order valence-electron chi connectivity index (χ0n) is 9.82. The fourth-order valence-corrected chi connectivity index (χ4v) is 1.23. The summed E-state index contributed by atoms with van der Waals surface area (Å²) in [6, 6.07) is 9.66. The van der Waals surface area contributed by atoms with Gasteiger partial charge in [-0.05, 0) is 5.56 Å². The standard InChI is InChI=1S/C12H15ClN2O3/c13-8-12(17)15-14-11(16)6-7-18-9-10-4-2-1-3-5-10/h1-5H,6-9H2,(H,14,16)(H,15,17). The average molecular weight is 271 g/mol. The average Bonchev–Trinajstić information content (AvgIpc) is 2.42. The predicted molar refractivity (Wildman–Crippen MR) is 67.7 cm³/mol. The van der Waals surface area contributed by atoms with Gasteiger partial charge in [0.2, 0.25) is 5.91 Å². The van der Waals surface area contributed by atoms with Crippen LogP contribution in [0.1, 0.15) is 12.0 Å². The van der Waals surface area contributed by atoms with E-state index in [1.165, 1.54) is 0 Å². The first-order chi connectivity index (χ1) is 8.72. The molecule has 1 aromatic rings. The number of hydrogen-bond donors (Lipinski definition) is 2. The van der Waals surface area contributed by atoms with Gasteiger partial charge in [0.15, 0.2) is 0 Å². The number of benzene rings is 1. The van der Waals surface area contributed by atoms with Crippen molar-refractivity contribution in [1.29, 1.82) is 0 Å². The smallest absolute Gasteiger partial charge is 0.253 e. The summed E-state index contributed by atoms with van der Waals surface area (Å²) in [5.74, 6) is -0.957. The zero-order valence-corrected chi connectivity index (χ0v) is 10.6. The summed E-state index contributed by atoms with van der Waals surface area (Å²) in [4.78, 5) is 22.0. The van der Waals surface area contributed by atoms with Gasteiger partial charge in [0.1, 0.15) is 5.88 Å². The van der Waals surface area contributed by atoms with Gasteiger partial charge in [0.05, 0.1) is 19.6 Å². The van der Waals surface area contributed by atoms with Crippen LogP contribution in [0, 0.1) is 0 Å². The number of carbonyl (C=O) groups excluding carboxylic acids is 2. The van der Waals surface area contributed by atoms with Crippen LogP contribution >= 0.6 is 11.6 Å². The topological polar surface area (TPSA) is 67.4 Å². The maximum atomic E-state index is 11.2. The summed E-state index contributed by atoms with van der Waals surface area (Å²) in [6.45, 7) is 0.750. The van der Waals surface area contributed by atoms with Crippen LogP contribution in [-0.2, 0) is 20.9 Å². The van der Waals surface area contributed by atoms with Gasteiger partial charge in [-0.2, -0.15) is 0 Å². The maximum Gasteiger partial charge on any atom is 0.253 e. The fourth-order valence-electron chi connectivity index (χ4n) is 1.16. The Bertz CT molecular complexity index is 384. The monoisotopic (exact) mass is 270 g/mol. The minimum absolute atomic E-state index is 0.176. The van der Waals surface area contributed by atoms with Crippen LogP contribution in [0.4, 0.5) is 0 Å². The van der Waals surface area contributed by atoms with Gasteiger partial charge in [0, 0.05) is 0 Å². The largest absolute Gasteiger partial charge is 0.376 e. The van der Waals surface area contributed by atoms with E-state index in [1.807, 2.05) is 30.3 Å². The highest BCUT2D eigenvalue weighted by Gasteiger charge is 2.03. The maximum absolute atomic E-state index is 11.2. The summed E-state index contributed by atoms with van der Waals surface area (Å²) in [5, 5.41) is 0. The summed E-state index contributed by atoms with van der Waals surface area (Å²) in [5.41, 5.74) is 5.44. The first kappa shape index (κ1) is 14.5. The Balaban J connectivity index is 2.07. The summed E-state index contributed by atoms with van der Waals surface area (Å²) in [7, 11) is 0. The van der Waals surface area contributed by atoms with Crippen LogP contribution < -0.4 is 10.9 Å². The van der Waals surface area contributed by atoms with Crippen molar-refractivity contribution in [3.05, 3.63) is 35.9 Å². The molecule has 18 heavy (non-hydrogen) atoms. The lowest BCUT2D eigenvalue weighted by Gasteiger charge is -2.06. The summed E-state index contributed by atoms with van der Waals surface area (Å²) in [6.07, 6.45) is 0.176. The number of alkyl halides is 1. The molecule has 0 saturated heterocycles. The van der Waals surface area contributed by atoms with Crippen LogP contribution in [-0.4, -0.2) is 24.3 Å². The lowest BCUT2D eigenvalue weighted by Crippen LogP contribution is -2.42. The van der Waals surface area contributed by atoms with E-state index in [0.29, 0.717) is 6.61 Å². The Morgan fingerprint density at radius 1 is 1.11 bits per heavy atom. The van der Waals surface area contributed by atoms with Crippen molar-refractivity contribution < 1.29 is 14.3 Å². The van der Waals surface area contributed by atoms with Crippen molar-refractivity contribution in [2.75, 3.05) is 12.5 Å². The molecule has 0 spiro atoms. The highest BCUT2D eigenvalue weighted by molar-refractivity contribution is 6.27. The molecule has 5 nitrogen and oxygen atoms in total. The molecule has 0 fully saturated rings. The van der Waals surface area contributed by atoms with E-state index in [4.69, 9.17) is 16.3 Å². The lowest BCUT2D eigenvalue weighted by atomic mass is 10.2. The number of hydrogen-bond acceptors (Lipinski definition) is 3. The Labute approximate surface area is 110 Å². The fraction of sp³-hybridized carbons (Fsp3) is 0.333. The molecule has 0 unspecified atom stereocenters. The lowest BCUT2D eigenvalue weighted by molar-refractivity contribution is -0.128. The summed E-state index contributed by atoms with van der Waals surface area (Å²) >= 11 is 5.24. The number of hydrazine groups is 1. The zero-order chi connectivity index (χ0) is 13.2. The minimum atomic E-state index is -0.449. The molecule has 98 valence electrons. The van der Waals surface area contributed by atoms with Crippen molar-refractivity contribution in [2.45, 2.75) is 13.0 Å². The Kier molecular flexibility index (Phi) is 6.83. The second kappa shape index (κ2) is 8.49. The molecule has 0 aliphatic rings. The van der Waals surface area contributed by atoms with E-state index in [0.717, 1.165) is 5.56 Å². The van der Waals surface area contributed by atoms with Gasteiger partial charge >= 0.3 is 0 Å². The minimum Gasteiger partial charge on any atom is -0.376 e. The van der Waals surface area contributed by atoms with E-state index < -0.39 is 5.91 Å². The molecule has 6 heteroatoms. The number of ether oxygens (including phenoxy) is 1. The molecular formula is C12H15ClN2O3. The van der Waals surface area contributed by atoms with Crippen LogP contribution in [0.25, 0.3) is 0 Å². The molecule has 2 amide bonds. The Hall–Kier alpha value is -1.59. The second-order valence-electron chi connectivity index (χ2n) is 3.52. The van der Waals surface area contributed by atoms with E-state index in [9.17, 15) is 9.59 Å². The quantitative estimate of drug-likeness (QED) is 0.460. The van der Waals surface area contributed by atoms with Crippen molar-refractivity contribution in [3.8, 4) is 0 Å². The highest BCUT2D eigenvalue weighted by Crippen LogP contribution is 2.00. The molecule has 1 rings (SSSR count). The normalized spacial score (nSPS) is 9.83. The van der Waals surface area contributed by atoms with Crippen molar-refractivity contribution in [3.63, 3.8) is 0 Å². The Morgan fingerprint density at radius 3 is 2.44 bits per heavy atom. The molecule has 0 bridgehead atoms.